The SMILES string of the molecule is CN=C(NCc1ccnc(N2CCOC(C)C2)c1)NCC(C)Oc1ccc(F)cc1.I. The molecule has 31 heavy (non-hydrogen) atoms. The van der Waals surface area contributed by atoms with Crippen molar-refractivity contribution in [3.63, 3.8) is 0 Å². The normalized spacial score (nSPS) is 17.5. The number of nitrogens with one attached hydrogen (secondary N) is 2. The van der Waals surface area contributed by atoms with Gasteiger partial charge in [-0.2, -0.15) is 0 Å². The summed E-state index contributed by atoms with van der Waals surface area (Å²) < 4.78 is 24.4. The zero-order valence-electron chi connectivity index (χ0n) is 18.2. The minimum atomic E-state index is -0.278. The Labute approximate surface area is 200 Å². The maximum absolute atomic E-state index is 13.0. The van der Waals surface area contributed by atoms with Crippen LogP contribution in [0.1, 0.15) is 19.4 Å². The number of nitrogens with zero attached hydrogens (tertiary/aromatic N) is 3. The summed E-state index contributed by atoms with van der Waals surface area (Å²) >= 11 is 0. The van der Waals surface area contributed by atoms with Gasteiger partial charge in [0.1, 0.15) is 23.5 Å². The number of pyridine rings is 1. The molecule has 2 heterocycles. The van der Waals surface area contributed by atoms with E-state index < -0.39 is 0 Å². The van der Waals surface area contributed by atoms with E-state index in [0.717, 1.165) is 31.1 Å². The predicted molar refractivity (Wildman–Crippen MR) is 132 cm³/mol. The van der Waals surface area contributed by atoms with Crippen molar-refractivity contribution >= 4 is 35.8 Å². The number of hydrogen-bond acceptors (Lipinski definition) is 5. The van der Waals surface area contributed by atoms with Crippen molar-refractivity contribution in [2.75, 3.05) is 38.2 Å². The van der Waals surface area contributed by atoms with Gasteiger partial charge in [-0.1, -0.05) is 0 Å². The largest absolute Gasteiger partial charge is 0.489 e. The fourth-order valence-electron chi connectivity index (χ4n) is 3.20. The van der Waals surface area contributed by atoms with Crippen molar-refractivity contribution in [1.82, 2.24) is 15.6 Å². The summed E-state index contributed by atoms with van der Waals surface area (Å²) in [6.45, 7) is 7.63. The first-order chi connectivity index (χ1) is 14.5. The molecule has 1 aromatic carbocycles. The zero-order valence-corrected chi connectivity index (χ0v) is 20.5. The lowest BCUT2D eigenvalue weighted by Gasteiger charge is -2.32. The fourth-order valence-corrected chi connectivity index (χ4v) is 3.20. The molecule has 2 aromatic rings. The van der Waals surface area contributed by atoms with Crippen LogP contribution in [0.15, 0.2) is 47.6 Å². The fraction of sp³-hybridized carbons (Fsp3) is 0.455. The molecule has 1 aliphatic heterocycles. The van der Waals surface area contributed by atoms with Gasteiger partial charge in [-0.15, -0.1) is 24.0 Å². The van der Waals surface area contributed by atoms with Crippen molar-refractivity contribution in [3.8, 4) is 5.75 Å². The van der Waals surface area contributed by atoms with Crippen molar-refractivity contribution in [1.29, 1.82) is 0 Å². The van der Waals surface area contributed by atoms with Crippen molar-refractivity contribution in [3.05, 3.63) is 54.0 Å². The molecule has 1 aromatic heterocycles. The summed E-state index contributed by atoms with van der Waals surface area (Å²) in [6.07, 6.45) is 1.94. The Morgan fingerprint density at radius 3 is 2.81 bits per heavy atom. The molecule has 0 bridgehead atoms. The third-order valence-electron chi connectivity index (χ3n) is 4.77. The molecule has 2 unspecified atom stereocenters. The number of ether oxygens (including phenoxy) is 2. The Balaban J connectivity index is 0.00000341. The second kappa shape index (κ2) is 12.7. The van der Waals surface area contributed by atoms with E-state index in [1.54, 1.807) is 19.2 Å². The van der Waals surface area contributed by atoms with Gasteiger partial charge < -0.3 is 25.0 Å². The van der Waals surface area contributed by atoms with Crippen LogP contribution in [0.4, 0.5) is 10.2 Å². The van der Waals surface area contributed by atoms with Crippen LogP contribution in [0.5, 0.6) is 5.75 Å². The van der Waals surface area contributed by atoms with Crippen LogP contribution in [0.25, 0.3) is 0 Å². The van der Waals surface area contributed by atoms with Gasteiger partial charge in [-0.3, -0.25) is 4.99 Å². The van der Waals surface area contributed by atoms with E-state index in [1.165, 1.54) is 12.1 Å². The molecule has 0 aliphatic carbocycles. The van der Waals surface area contributed by atoms with Crippen LogP contribution in [0, 0.1) is 5.82 Å². The average Bonchev–Trinajstić information content (AvgIpc) is 2.76. The Bertz CT molecular complexity index is 837. The summed E-state index contributed by atoms with van der Waals surface area (Å²) in [7, 11) is 1.73. The number of guanidine groups is 1. The number of morpholine rings is 1. The molecule has 0 spiro atoms. The molecule has 1 aliphatic rings. The first-order valence-corrected chi connectivity index (χ1v) is 10.2. The Kier molecular flexibility index (Phi) is 10.3. The van der Waals surface area contributed by atoms with E-state index in [2.05, 4.69) is 38.5 Å². The van der Waals surface area contributed by atoms with E-state index >= 15 is 0 Å². The van der Waals surface area contributed by atoms with E-state index in [4.69, 9.17) is 9.47 Å². The molecular formula is C22H31FIN5O2. The number of anilines is 1. The molecule has 0 saturated carbocycles. The topological polar surface area (TPSA) is 71.0 Å². The summed E-state index contributed by atoms with van der Waals surface area (Å²) in [5.74, 6) is 2.01. The summed E-state index contributed by atoms with van der Waals surface area (Å²) in [4.78, 5) is 11.0. The van der Waals surface area contributed by atoms with Gasteiger partial charge in [-0.25, -0.2) is 9.37 Å². The maximum Gasteiger partial charge on any atom is 0.191 e. The lowest BCUT2D eigenvalue weighted by atomic mass is 10.2. The third-order valence-corrected chi connectivity index (χ3v) is 4.77. The standard InChI is InChI=1S/C22H30FN5O2.HI/c1-16(30-20-6-4-19(23)5-7-20)13-26-22(24-3)27-14-18-8-9-25-21(12-18)28-10-11-29-17(2)15-28;/h4-9,12,16-17H,10-11,13-15H2,1-3H3,(H2,24,26,27);1H. The van der Waals surface area contributed by atoms with E-state index in [1.807, 2.05) is 19.2 Å². The Morgan fingerprint density at radius 2 is 2.10 bits per heavy atom. The number of aromatic nitrogens is 1. The molecule has 3 rings (SSSR count). The molecule has 0 amide bonds. The minimum absolute atomic E-state index is 0. The maximum atomic E-state index is 13.0. The van der Waals surface area contributed by atoms with E-state index in [0.29, 0.717) is 24.8 Å². The van der Waals surface area contributed by atoms with E-state index in [-0.39, 0.29) is 42.0 Å². The first-order valence-electron chi connectivity index (χ1n) is 10.2. The van der Waals surface area contributed by atoms with Crippen LogP contribution >= 0.6 is 24.0 Å². The lowest BCUT2D eigenvalue weighted by Crippen LogP contribution is -2.42. The van der Waals surface area contributed by atoms with E-state index in [9.17, 15) is 4.39 Å². The Morgan fingerprint density at radius 1 is 1.32 bits per heavy atom. The zero-order chi connectivity index (χ0) is 21.3. The summed E-state index contributed by atoms with van der Waals surface area (Å²) in [6, 6.07) is 10.1. The predicted octanol–water partition coefficient (Wildman–Crippen LogP) is 3.20. The summed E-state index contributed by atoms with van der Waals surface area (Å²) in [5, 5.41) is 6.57. The average molecular weight is 543 g/mol. The first kappa shape index (κ1) is 25.1. The number of aliphatic imine (C=N–C) groups is 1. The summed E-state index contributed by atoms with van der Waals surface area (Å²) in [5.41, 5.74) is 1.12. The number of hydrogen-bond donors (Lipinski definition) is 2. The smallest absolute Gasteiger partial charge is 0.191 e. The third kappa shape index (κ3) is 8.13. The molecule has 0 radical (unpaired) electrons. The van der Waals surface area contributed by atoms with Gasteiger partial charge in [0.2, 0.25) is 0 Å². The monoisotopic (exact) mass is 543 g/mol. The van der Waals surface area contributed by atoms with Gasteiger partial charge in [-0.05, 0) is 55.8 Å². The second-order valence-corrected chi connectivity index (χ2v) is 7.34. The van der Waals surface area contributed by atoms with Gasteiger partial charge in [0.15, 0.2) is 5.96 Å². The molecule has 170 valence electrons. The van der Waals surface area contributed by atoms with Crippen molar-refractivity contribution in [2.45, 2.75) is 32.6 Å². The van der Waals surface area contributed by atoms with Crippen LogP contribution in [0.3, 0.4) is 0 Å². The van der Waals surface area contributed by atoms with Crippen molar-refractivity contribution in [2.24, 2.45) is 4.99 Å². The molecule has 7 nitrogen and oxygen atoms in total. The molecular weight excluding hydrogens is 512 g/mol. The highest BCUT2D eigenvalue weighted by Crippen LogP contribution is 2.16. The quantitative estimate of drug-likeness (QED) is 0.318. The van der Waals surface area contributed by atoms with Crippen LogP contribution in [0.2, 0.25) is 0 Å². The number of benzene rings is 1. The highest BCUT2D eigenvalue weighted by atomic mass is 127. The van der Waals surface area contributed by atoms with Crippen molar-refractivity contribution < 1.29 is 13.9 Å². The second-order valence-electron chi connectivity index (χ2n) is 7.34. The van der Waals surface area contributed by atoms with Gasteiger partial charge in [0.25, 0.3) is 0 Å². The number of rotatable bonds is 7. The lowest BCUT2D eigenvalue weighted by molar-refractivity contribution is 0.0529. The molecule has 9 heteroatoms. The highest BCUT2D eigenvalue weighted by molar-refractivity contribution is 14.0. The highest BCUT2D eigenvalue weighted by Gasteiger charge is 2.18. The van der Waals surface area contributed by atoms with Crippen LogP contribution in [-0.4, -0.2) is 56.4 Å². The van der Waals surface area contributed by atoms with Crippen LogP contribution in [-0.2, 0) is 11.3 Å². The number of halogens is 2. The molecule has 2 atom stereocenters. The van der Waals surface area contributed by atoms with Gasteiger partial charge in [0.05, 0.1) is 19.3 Å². The Hall–Kier alpha value is -2.14. The van der Waals surface area contributed by atoms with Gasteiger partial charge in [0, 0.05) is 32.9 Å². The van der Waals surface area contributed by atoms with Crippen LogP contribution < -0.4 is 20.3 Å². The van der Waals surface area contributed by atoms with Gasteiger partial charge >= 0.3 is 0 Å². The molecule has 1 saturated heterocycles. The minimum Gasteiger partial charge on any atom is -0.489 e. The molecule has 1 fully saturated rings. The molecule has 2 N–H and O–H groups in total.